The summed E-state index contributed by atoms with van der Waals surface area (Å²) in [5.41, 5.74) is 1.14. The Morgan fingerprint density at radius 1 is 0.958 bits per heavy atom. The van der Waals surface area contributed by atoms with Crippen LogP contribution in [-0.2, 0) is 0 Å². The van der Waals surface area contributed by atoms with Gasteiger partial charge in [-0.2, -0.15) is 0 Å². The molecule has 1 N–H and O–H groups in total. The molecule has 4 heterocycles. The third-order valence-electron chi connectivity index (χ3n) is 5.53. The molecule has 1 atom stereocenters. The number of fused-ring (bicyclic) bond motifs is 3. The van der Waals surface area contributed by atoms with Crippen molar-refractivity contribution in [1.29, 1.82) is 0 Å². The van der Waals surface area contributed by atoms with Crippen LogP contribution in [0.1, 0.15) is 19.3 Å². The number of likely N-dealkylation sites (tertiary alicyclic amines) is 1. The van der Waals surface area contributed by atoms with Gasteiger partial charge in [0, 0.05) is 57.5 Å². The topological polar surface area (TPSA) is 34.1 Å². The fourth-order valence-corrected chi connectivity index (χ4v) is 4.06. The van der Waals surface area contributed by atoms with Crippen LogP contribution in [0.2, 0.25) is 0 Å². The number of rotatable bonds is 3. The zero-order chi connectivity index (χ0) is 16.2. The van der Waals surface area contributed by atoms with Crippen molar-refractivity contribution in [3.63, 3.8) is 0 Å². The number of nitrogens with zero attached hydrogens (tertiary/aromatic N) is 4. The Hall–Kier alpha value is -1.59. The number of piperidine rings is 1. The molecule has 0 aliphatic carbocycles. The highest BCUT2D eigenvalue weighted by molar-refractivity contribution is 5.93. The van der Waals surface area contributed by atoms with E-state index >= 15 is 0 Å². The van der Waals surface area contributed by atoms with Crippen LogP contribution in [-0.4, -0.2) is 79.1 Å². The Morgan fingerprint density at radius 2 is 1.71 bits per heavy atom. The summed E-state index contributed by atoms with van der Waals surface area (Å²) in [5.74, 6) is 1.07. The minimum absolute atomic E-state index is 0.588. The van der Waals surface area contributed by atoms with E-state index in [2.05, 4.69) is 50.3 Å². The van der Waals surface area contributed by atoms with Gasteiger partial charge in [0.2, 0.25) is 0 Å². The maximum atomic E-state index is 5.05. The molecule has 0 spiro atoms. The van der Waals surface area contributed by atoms with Crippen LogP contribution in [0, 0.1) is 0 Å². The lowest BCUT2D eigenvalue weighted by Gasteiger charge is -2.47. The molecule has 0 aromatic heterocycles. The summed E-state index contributed by atoms with van der Waals surface area (Å²) in [6.07, 6.45) is 3.90. The van der Waals surface area contributed by atoms with Crippen LogP contribution in [0.4, 0.5) is 5.69 Å². The van der Waals surface area contributed by atoms with Gasteiger partial charge in [0.1, 0.15) is 0 Å². The standard InChI is InChI=1S/C19H29N5/c1-3-7-17(8-4-1)21-19(24-9-5-2-6-10-24)20-15-18-16-22-11-13-23(18)14-12-22/h1,3-4,7-8,18H,2,5-6,9-16H2,(H,20,21). The number of nitrogens with one attached hydrogen (secondary N) is 1. The molecule has 0 amide bonds. The molecule has 1 aromatic carbocycles. The second-order valence-electron chi connectivity index (χ2n) is 7.19. The van der Waals surface area contributed by atoms with Crippen molar-refractivity contribution in [2.24, 2.45) is 4.99 Å². The molecule has 0 saturated carbocycles. The van der Waals surface area contributed by atoms with E-state index in [1.54, 1.807) is 0 Å². The van der Waals surface area contributed by atoms with Crippen molar-refractivity contribution in [1.82, 2.24) is 14.7 Å². The first kappa shape index (κ1) is 15.9. The van der Waals surface area contributed by atoms with Crippen LogP contribution in [0.5, 0.6) is 0 Å². The van der Waals surface area contributed by atoms with Gasteiger partial charge in [-0.05, 0) is 31.4 Å². The number of benzene rings is 1. The van der Waals surface area contributed by atoms with Crippen LogP contribution in [0.15, 0.2) is 35.3 Å². The van der Waals surface area contributed by atoms with E-state index in [9.17, 15) is 0 Å². The first-order valence-electron chi connectivity index (χ1n) is 9.46. The molecule has 1 unspecified atom stereocenters. The molecule has 24 heavy (non-hydrogen) atoms. The molecule has 5 nitrogen and oxygen atoms in total. The largest absolute Gasteiger partial charge is 0.343 e. The average molecular weight is 327 g/mol. The number of piperazine rings is 3. The van der Waals surface area contributed by atoms with Crippen molar-refractivity contribution in [2.75, 3.05) is 57.7 Å². The highest BCUT2D eigenvalue weighted by atomic mass is 15.4. The van der Waals surface area contributed by atoms with Gasteiger partial charge >= 0.3 is 0 Å². The Labute approximate surface area is 145 Å². The number of guanidine groups is 1. The normalized spacial score (nSPS) is 30.4. The summed E-state index contributed by atoms with van der Waals surface area (Å²) in [7, 11) is 0. The zero-order valence-corrected chi connectivity index (χ0v) is 14.5. The number of anilines is 1. The quantitative estimate of drug-likeness (QED) is 0.680. The molecular weight excluding hydrogens is 298 g/mol. The van der Waals surface area contributed by atoms with Crippen molar-refractivity contribution >= 4 is 11.6 Å². The highest BCUT2D eigenvalue weighted by Gasteiger charge is 2.31. The zero-order valence-electron chi connectivity index (χ0n) is 14.5. The van der Waals surface area contributed by atoms with Gasteiger partial charge < -0.3 is 10.2 Å². The molecular formula is C19H29N5. The minimum atomic E-state index is 0.588. The Bertz CT molecular complexity index is 544. The number of hydrogen-bond acceptors (Lipinski definition) is 3. The number of aliphatic imine (C=N–C) groups is 1. The van der Waals surface area contributed by atoms with E-state index in [1.807, 2.05) is 0 Å². The fourth-order valence-electron chi connectivity index (χ4n) is 4.06. The van der Waals surface area contributed by atoms with Crippen molar-refractivity contribution < 1.29 is 0 Å². The minimum Gasteiger partial charge on any atom is -0.343 e. The van der Waals surface area contributed by atoms with Gasteiger partial charge in [-0.15, -0.1) is 0 Å². The summed E-state index contributed by atoms with van der Waals surface area (Å²) in [6, 6.07) is 11.0. The predicted octanol–water partition coefficient (Wildman–Crippen LogP) is 1.94. The van der Waals surface area contributed by atoms with Gasteiger partial charge in [0.15, 0.2) is 5.96 Å². The monoisotopic (exact) mass is 327 g/mol. The smallest absolute Gasteiger partial charge is 0.198 e. The summed E-state index contributed by atoms with van der Waals surface area (Å²) in [5, 5.41) is 3.58. The fraction of sp³-hybridized carbons (Fsp3) is 0.632. The van der Waals surface area contributed by atoms with Crippen LogP contribution >= 0.6 is 0 Å². The molecule has 5 heteroatoms. The molecule has 4 saturated heterocycles. The van der Waals surface area contributed by atoms with Crippen LogP contribution < -0.4 is 5.32 Å². The first-order valence-corrected chi connectivity index (χ1v) is 9.46. The van der Waals surface area contributed by atoms with Crippen molar-refractivity contribution in [2.45, 2.75) is 25.3 Å². The molecule has 4 aliphatic heterocycles. The first-order chi connectivity index (χ1) is 11.9. The number of para-hydroxylation sites is 1. The Balaban J connectivity index is 1.46. The van der Waals surface area contributed by atoms with Crippen LogP contribution in [0.3, 0.4) is 0 Å². The third-order valence-corrected chi connectivity index (χ3v) is 5.53. The van der Waals surface area contributed by atoms with E-state index in [0.717, 1.165) is 31.3 Å². The van der Waals surface area contributed by atoms with Crippen molar-refractivity contribution in [3.05, 3.63) is 30.3 Å². The van der Waals surface area contributed by atoms with Gasteiger partial charge in [-0.25, -0.2) is 0 Å². The third kappa shape index (κ3) is 3.73. The lowest BCUT2D eigenvalue weighted by atomic mass is 10.1. The van der Waals surface area contributed by atoms with E-state index < -0.39 is 0 Å². The van der Waals surface area contributed by atoms with Gasteiger partial charge in [-0.3, -0.25) is 14.8 Å². The maximum Gasteiger partial charge on any atom is 0.198 e. The van der Waals surface area contributed by atoms with E-state index in [-0.39, 0.29) is 0 Å². The predicted molar refractivity (Wildman–Crippen MR) is 99.6 cm³/mol. The maximum absolute atomic E-state index is 5.05. The average Bonchev–Trinajstić information content (AvgIpc) is 2.67. The SMILES string of the molecule is c1ccc(NC(=NCC2CN3CCN2CC3)N2CCCCC2)cc1. The van der Waals surface area contributed by atoms with E-state index in [0.29, 0.717) is 6.04 Å². The summed E-state index contributed by atoms with van der Waals surface area (Å²) < 4.78 is 0. The second-order valence-corrected chi connectivity index (χ2v) is 7.19. The van der Waals surface area contributed by atoms with Gasteiger partial charge in [0.05, 0.1) is 6.54 Å². The lowest BCUT2D eigenvalue weighted by Crippen LogP contribution is -2.61. The molecule has 1 aromatic rings. The van der Waals surface area contributed by atoms with Gasteiger partial charge in [0.25, 0.3) is 0 Å². The second kappa shape index (κ2) is 7.53. The summed E-state index contributed by atoms with van der Waals surface area (Å²) in [4.78, 5) is 12.7. The molecule has 2 bridgehead atoms. The summed E-state index contributed by atoms with van der Waals surface area (Å²) in [6.45, 7) is 9.24. The Kier molecular flexibility index (Phi) is 4.99. The number of hydrogen-bond donors (Lipinski definition) is 1. The summed E-state index contributed by atoms with van der Waals surface area (Å²) >= 11 is 0. The molecule has 4 aliphatic rings. The molecule has 5 rings (SSSR count). The lowest BCUT2D eigenvalue weighted by molar-refractivity contribution is 0.0173. The van der Waals surface area contributed by atoms with Gasteiger partial charge in [-0.1, -0.05) is 18.2 Å². The van der Waals surface area contributed by atoms with E-state index in [4.69, 9.17) is 4.99 Å². The molecule has 130 valence electrons. The van der Waals surface area contributed by atoms with Crippen molar-refractivity contribution in [3.8, 4) is 0 Å². The van der Waals surface area contributed by atoms with Crippen LogP contribution in [0.25, 0.3) is 0 Å². The molecule has 0 radical (unpaired) electrons. The highest BCUT2D eigenvalue weighted by Crippen LogP contribution is 2.17. The van der Waals surface area contributed by atoms with E-state index in [1.165, 1.54) is 52.0 Å². The Morgan fingerprint density at radius 3 is 2.38 bits per heavy atom. The molecule has 4 fully saturated rings.